The Hall–Kier alpha value is -1.37. The third kappa shape index (κ3) is 2.41. The van der Waals surface area contributed by atoms with E-state index in [2.05, 4.69) is 15.5 Å². The van der Waals surface area contributed by atoms with Crippen LogP contribution in [0.1, 0.15) is 12.8 Å². The van der Waals surface area contributed by atoms with E-state index in [0.717, 1.165) is 0 Å². The van der Waals surface area contributed by atoms with E-state index in [1.54, 1.807) is 11.7 Å². The summed E-state index contributed by atoms with van der Waals surface area (Å²) in [5.41, 5.74) is 0. The number of tetrazole rings is 1. The highest BCUT2D eigenvalue weighted by Gasteiger charge is 2.26. The molecule has 0 unspecified atom stereocenters. The van der Waals surface area contributed by atoms with Gasteiger partial charge in [0.05, 0.1) is 5.92 Å². The molecule has 0 spiro atoms. The zero-order valence-corrected chi connectivity index (χ0v) is 9.72. The lowest BCUT2D eigenvalue weighted by molar-refractivity contribution is -0.142. The van der Waals surface area contributed by atoms with Gasteiger partial charge < -0.3 is 10.0 Å². The van der Waals surface area contributed by atoms with Crippen LogP contribution in [0, 0.1) is 5.92 Å². The molecule has 1 N–H and O–H groups in total. The van der Waals surface area contributed by atoms with Crippen molar-refractivity contribution in [1.82, 2.24) is 20.2 Å². The van der Waals surface area contributed by atoms with Crippen LogP contribution >= 0.6 is 12.4 Å². The third-order valence-corrected chi connectivity index (χ3v) is 2.72. The van der Waals surface area contributed by atoms with E-state index in [-0.39, 0.29) is 18.3 Å². The summed E-state index contributed by atoms with van der Waals surface area (Å²) in [7, 11) is 1.78. The van der Waals surface area contributed by atoms with Crippen molar-refractivity contribution in [2.45, 2.75) is 12.8 Å². The first-order valence-electron chi connectivity index (χ1n) is 4.88. The minimum atomic E-state index is -0.703. The Balaban J connectivity index is 0.00000128. The van der Waals surface area contributed by atoms with Gasteiger partial charge >= 0.3 is 5.97 Å². The number of hydrogen-bond donors (Lipinski definition) is 1. The van der Waals surface area contributed by atoms with Crippen LogP contribution in [-0.2, 0) is 11.8 Å². The second-order valence-electron chi connectivity index (χ2n) is 3.70. The van der Waals surface area contributed by atoms with Crippen LogP contribution in [-0.4, -0.2) is 44.4 Å². The van der Waals surface area contributed by atoms with Crippen molar-refractivity contribution in [2.75, 3.05) is 18.0 Å². The Morgan fingerprint density at radius 1 is 1.44 bits per heavy atom. The molecule has 1 fully saturated rings. The van der Waals surface area contributed by atoms with Gasteiger partial charge in [0.15, 0.2) is 0 Å². The third-order valence-electron chi connectivity index (χ3n) is 2.72. The molecule has 8 heteroatoms. The maximum Gasteiger partial charge on any atom is 0.306 e. The normalized spacial score (nSPS) is 16.9. The number of aryl methyl sites for hydroxylation is 1. The molecular formula is C8H14ClN5O2. The van der Waals surface area contributed by atoms with Crippen molar-refractivity contribution >= 4 is 24.3 Å². The number of carboxylic acid groups (broad SMARTS) is 1. The van der Waals surface area contributed by atoms with Crippen LogP contribution in [0.25, 0.3) is 0 Å². The average molecular weight is 248 g/mol. The minimum absolute atomic E-state index is 0. The second-order valence-corrected chi connectivity index (χ2v) is 3.70. The number of aromatic nitrogens is 4. The Labute approximate surface area is 98.8 Å². The lowest BCUT2D eigenvalue weighted by Crippen LogP contribution is -2.37. The van der Waals surface area contributed by atoms with Crippen LogP contribution in [0.5, 0.6) is 0 Å². The van der Waals surface area contributed by atoms with Gasteiger partial charge in [-0.2, -0.15) is 0 Å². The molecule has 0 radical (unpaired) electrons. The van der Waals surface area contributed by atoms with Gasteiger partial charge in [0, 0.05) is 20.1 Å². The highest BCUT2D eigenvalue weighted by Crippen LogP contribution is 2.20. The number of hydrogen-bond acceptors (Lipinski definition) is 5. The Bertz CT molecular complexity index is 361. The van der Waals surface area contributed by atoms with Crippen molar-refractivity contribution in [3.05, 3.63) is 0 Å². The molecule has 1 aromatic heterocycles. The molecule has 1 saturated heterocycles. The van der Waals surface area contributed by atoms with Gasteiger partial charge in [-0.25, -0.2) is 4.68 Å². The monoisotopic (exact) mass is 247 g/mol. The van der Waals surface area contributed by atoms with Crippen molar-refractivity contribution in [2.24, 2.45) is 13.0 Å². The van der Waals surface area contributed by atoms with Crippen LogP contribution in [0.4, 0.5) is 5.95 Å². The predicted molar refractivity (Wildman–Crippen MR) is 58.6 cm³/mol. The number of carbonyl (C=O) groups is 1. The first-order chi connectivity index (χ1) is 7.18. The zero-order chi connectivity index (χ0) is 10.8. The Kier molecular flexibility index (Phi) is 4.05. The highest BCUT2D eigenvalue weighted by atomic mass is 35.5. The van der Waals surface area contributed by atoms with E-state index in [1.165, 1.54) is 0 Å². The smallest absolute Gasteiger partial charge is 0.306 e. The molecule has 2 heterocycles. The van der Waals surface area contributed by atoms with Crippen molar-refractivity contribution in [1.29, 1.82) is 0 Å². The number of carboxylic acids is 1. The molecule has 0 amide bonds. The molecule has 0 atom stereocenters. The minimum Gasteiger partial charge on any atom is -0.481 e. The fourth-order valence-electron chi connectivity index (χ4n) is 1.82. The van der Waals surface area contributed by atoms with Crippen molar-refractivity contribution in [3.63, 3.8) is 0 Å². The second kappa shape index (κ2) is 5.11. The maximum absolute atomic E-state index is 10.8. The van der Waals surface area contributed by atoms with Crippen molar-refractivity contribution < 1.29 is 9.90 Å². The molecule has 1 aromatic rings. The predicted octanol–water partition coefficient (Wildman–Crippen LogP) is -0.0671. The van der Waals surface area contributed by atoms with E-state index in [0.29, 0.717) is 31.9 Å². The number of halogens is 1. The molecule has 0 aromatic carbocycles. The summed E-state index contributed by atoms with van der Waals surface area (Å²) in [4.78, 5) is 12.8. The largest absolute Gasteiger partial charge is 0.481 e. The van der Waals surface area contributed by atoms with Gasteiger partial charge in [-0.3, -0.25) is 4.79 Å². The number of aliphatic carboxylic acids is 1. The van der Waals surface area contributed by atoms with Crippen LogP contribution in [0.2, 0.25) is 0 Å². The average Bonchev–Trinajstić information content (AvgIpc) is 2.65. The summed E-state index contributed by atoms with van der Waals surface area (Å²) < 4.78 is 1.60. The van der Waals surface area contributed by atoms with Gasteiger partial charge in [0.1, 0.15) is 0 Å². The topological polar surface area (TPSA) is 84.1 Å². The van der Waals surface area contributed by atoms with E-state index in [4.69, 9.17) is 5.11 Å². The lowest BCUT2D eigenvalue weighted by Gasteiger charge is -2.29. The molecule has 7 nitrogen and oxygen atoms in total. The van der Waals surface area contributed by atoms with Crippen molar-refractivity contribution in [3.8, 4) is 0 Å². The van der Waals surface area contributed by atoms with Crippen LogP contribution < -0.4 is 4.90 Å². The van der Waals surface area contributed by atoms with Gasteiger partial charge in [-0.15, -0.1) is 12.4 Å². The van der Waals surface area contributed by atoms with Crippen LogP contribution in [0.15, 0.2) is 0 Å². The zero-order valence-electron chi connectivity index (χ0n) is 8.91. The Morgan fingerprint density at radius 2 is 2.06 bits per heavy atom. The summed E-state index contributed by atoms with van der Waals surface area (Å²) in [5, 5.41) is 20.0. The summed E-state index contributed by atoms with van der Waals surface area (Å²) in [6, 6.07) is 0. The first kappa shape index (κ1) is 12.7. The molecule has 2 rings (SSSR count). The van der Waals surface area contributed by atoms with Gasteiger partial charge in [-0.1, -0.05) is 5.10 Å². The van der Waals surface area contributed by atoms with Gasteiger partial charge in [0.2, 0.25) is 5.95 Å². The molecule has 1 aliphatic heterocycles. The number of nitrogens with zero attached hydrogens (tertiary/aromatic N) is 5. The summed E-state index contributed by atoms with van der Waals surface area (Å²) in [6.45, 7) is 1.40. The number of anilines is 1. The maximum atomic E-state index is 10.8. The molecule has 0 aliphatic carbocycles. The van der Waals surface area contributed by atoms with E-state index in [9.17, 15) is 4.79 Å². The standard InChI is InChI=1S/C8H13N5O2.ClH/c1-12-8(9-10-11-12)13-4-2-6(3-5-13)7(14)15;/h6H,2-5H2,1H3,(H,14,15);1H. The molecular weight excluding hydrogens is 234 g/mol. The van der Waals surface area contributed by atoms with Gasteiger partial charge in [-0.05, 0) is 23.3 Å². The Morgan fingerprint density at radius 3 is 2.50 bits per heavy atom. The molecule has 0 bridgehead atoms. The van der Waals surface area contributed by atoms with E-state index in [1.807, 2.05) is 4.90 Å². The number of rotatable bonds is 2. The summed E-state index contributed by atoms with van der Waals surface area (Å²) in [5.74, 6) is -0.216. The molecule has 1 aliphatic rings. The van der Waals surface area contributed by atoms with Gasteiger partial charge in [0.25, 0.3) is 0 Å². The molecule has 16 heavy (non-hydrogen) atoms. The summed E-state index contributed by atoms with van der Waals surface area (Å²) >= 11 is 0. The fourth-order valence-corrected chi connectivity index (χ4v) is 1.82. The number of piperidine rings is 1. The lowest BCUT2D eigenvalue weighted by atomic mass is 9.97. The fraction of sp³-hybridized carbons (Fsp3) is 0.750. The van der Waals surface area contributed by atoms with E-state index < -0.39 is 5.97 Å². The first-order valence-corrected chi connectivity index (χ1v) is 4.88. The van der Waals surface area contributed by atoms with Crippen LogP contribution in [0.3, 0.4) is 0 Å². The molecule has 0 saturated carbocycles. The highest BCUT2D eigenvalue weighted by molar-refractivity contribution is 5.85. The SMILES string of the molecule is Cl.Cn1nnnc1N1CCC(C(=O)O)CC1. The quantitative estimate of drug-likeness (QED) is 0.788. The molecule has 90 valence electrons. The summed E-state index contributed by atoms with van der Waals surface area (Å²) in [6.07, 6.45) is 1.31. The van der Waals surface area contributed by atoms with E-state index >= 15 is 0 Å².